The lowest BCUT2D eigenvalue weighted by molar-refractivity contribution is 0.102. The van der Waals surface area contributed by atoms with E-state index in [0.717, 1.165) is 28.9 Å². The molecule has 1 heterocycles. The number of amides is 1. The smallest absolute Gasteiger partial charge is 0.255 e. The van der Waals surface area contributed by atoms with Crippen molar-refractivity contribution in [3.8, 4) is 0 Å². The van der Waals surface area contributed by atoms with Gasteiger partial charge in [-0.25, -0.2) is 0 Å². The summed E-state index contributed by atoms with van der Waals surface area (Å²) in [6.45, 7) is 0.950. The van der Waals surface area contributed by atoms with Crippen molar-refractivity contribution in [2.75, 3.05) is 5.32 Å². The van der Waals surface area contributed by atoms with Gasteiger partial charge in [0.15, 0.2) is 0 Å². The summed E-state index contributed by atoms with van der Waals surface area (Å²) in [5.41, 5.74) is 1.41. The van der Waals surface area contributed by atoms with Crippen LogP contribution in [-0.2, 0) is 6.54 Å². The topological polar surface area (TPSA) is 46.9 Å². The number of carbonyl (C=O) groups is 1. The van der Waals surface area contributed by atoms with Gasteiger partial charge in [0.05, 0.1) is 11.9 Å². The van der Waals surface area contributed by atoms with Crippen LogP contribution in [0.4, 0.5) is 5.69 Å². The van der Waals surface area contributed by atoms with Gasteiger partial charge in [-0.3, -0.25) is 9.48 Å². The molecule has 110 valence electrons. The van der Waals surface area contributed by atoms with Crippen molar-refractivity contribution in [2.24, 2.45) is 5.92 Å². The van der Waals surface area contributed by atoms with Crippen LogP contribution in [-0.4, -0.2) is 15.7 Å². The molecule has 0 radical (unpaired) electrons. The summed E-state index contributed by atoms with van der Waals surface area (Å²) in [4.78, 5) is 12.4. The Morgan fingerprint density at radius 2 is 2.00 bits per heavy atom. The number of aromatic nitrogens is 2. The minimum absolute atomic E-state index is 0.100. The number of rotatable bonds is 4. The predicted octanol–water partition coefficient (Wildman–Crippen LogP) is 3.70. The number of anilines is 1. The van der Waals surface area contributed by atoms with E-state index < -0.39 is 0 Å². The van der Waals surface area contributed by atoms with E-state index >= 15 is 0 Å². The molecular weight excluding hydrogens is 274 g/mol. The van der Waals surface area contributed by atoms with Gasteiger partial charge in [-0.1, -0.05) is 30.3 Å². The molecule has 0 aliphatic heterocycles. The molecule has 1 amide bonds. The normalized spacial score (nSPS) is 14.2. The van der Waals surface area contributed by atoms with Crippen LogP contribution in [0.15, 0.2) is 54.9 Å². The molecule has 0 atom stereocenters. The van der Waals surface area contributed by atoms with Crippen LogP contribution >= 0.6 is 0 Å². The zero-order chi connectivity index (χ0) is 14.9. The predicted molar refractivity (Wildman–Crippen MR) is 86.9 cm³/mol. The lowest BCUT2D eigenvalue weighted by atomic mass is 10.1. The number of hydrogen-bond donors (Lipinski definition) is 1. The SMILES string of the molecule is O=C(Nc1cnn(CC2CC2)c1)c1ccc2ccccc2c1. The lowest BCUT2D eigenvalue weighted by Gasteiger charge is -2.04. The molecule has 1 N–H and O–H groups in total. The first kappa shape index (κ1) is 13.1. The van der Waals surface area contributed by atoms with Crippen LogP contribution in [0.5, 0.6) is 0 Å². The average molecular weight is 291 g/mol. The highest BCUT2D eigenvalue weighted by atomic mass is 16.1. The molecule has 3 aromatic rings. The van der Waals surface area contributed by atoms with Crippen molar-refractivity contribution in [3.63, 3.8) is 0 Å². The summed E-state index contributed by atoms with van der Waals surface area (Å²) in [5.74, 6) is 0.667. The van der Waals surface area contributed by atoms with Crippen LogP contribution < -0.4 is 5.32 Å². The molecule has 1 fully saturated rings. The number of fused-ring (bicyclic) bond motifs is 1. The van der Waals surface area contributed by atoms with Crippen LogP contribution in [0.2, 0.25) is 0 Å². The van der Waals surface area contributed by atoms with Gasteiger partial charge in [0.1, 0.15) is 0 Å². The van der Waals surface area contributed by atoms with E-state index in [0.29, 0.717) is 5.56 Å². The Kier molecular flexibility index (Phi) is 3.15. The molecule has 1 aliphatic carbocycles. The van der Waals surface area contributed by atoms with Crippen molar-refractivity contribution < 1.29 is 4.79 Å². The van der Waals surface area contributed by atoms with Gasteiger partial charge in [0.25, 0.3) is 5.91 Å². The summed E-state index contributed by atoms with van der Waals surface area (Å²) < 4.78 is 1.91. The van der Waals surface area contributed by atoms with Crippen molar-refractivity contribution in [1.82, 2.24) is 9.78 Å². The second-order valence-electron chi connectivity index (χ2n) is 5.91. The number of nitrogens with zero attached hydrogens (tertiary/aromatic N) is 2. The van der Waals surface area contributed by atoms with Crippen molar-refractivity contribution in [1.29, 1.82) is 0 Å². The van der Waals surface area contributed by atoms with E-state index in [9.17, 15) is 4.79 Å². The van der Waals surface area contributed by atoms with Gasteiger partial charge in [0, 0.05) is 18.3 Å². The first-order valence-electron chi connectivity index (χ1n) is 7.60. The lowest BCUT2D eigenvalue weighted by Crippen LogP contribution is -2.11. The monoisotopic (exact) mass is 291 g/mol. The largest absolute Gasteiger partial charge is 0.319 e. The second kappa shape index (κ2) is 5.30. The third kappa shape index (κ3) is 2.72. The molecule has 1 aromatic heterocycles. The summed E-state index contributed by atoms with van der Waals surface area (Å²) in [5, 5.41) is 9.41. The van der Waals surface area contributed by atoms with Crippen LogP contribution in [0.1, 0.15) is 23.2 Å². The van der Waals surface area contributed by atoms with Gasteiger partial charge < -0.3 is 5.32 Å². The van der Waals surface area contributed by atoms with Gasteiger partial charge in [-0.2, -0.15) is 5.10 Å². The Hall–Kier alpha value is -2.62. The fourth-order valence-electron chi connectivity index (χ4n) is 2.63. The zero-order valence-electron chi connectivity index (χ0n) is 12.2. The Labute approximate surface area is 128 Å². The first-order chi connectivity index (χ1) is 10.8. The molecule has 1 aliphatic rings. The van der Waals surface area contributed by atoms with Crippen molar-refractivity contribution >= 4 is 22.4 Å². The molecule has 2 aromatic carbocycles. The van der Waals surface area contributed by atoms with E-state index in [1.807, 2.05) is 53.3 Å². The number of nitrogens with one attached hydrogen (secondary N) is 1. The first-order valence-corrected chi connectivity index (χ1v) is 7.60. The number of benzene rings is 2. The van der Waals surface area contributed by atoms with E-state index in [-0.39, 0.29) is 5.91 Å². The van der Waals surface area contributed by atoms with Gasteiger partial charge >= 0.3 is 0 Å². The van der Waals surface area contributed by atoms with Crippen LogP contribution in [0.25, 0.3) is 10.8 Å². The molecule has 4 heteroatoms. The molecule has 4 rings (SSSR count). The van der Waals surface area contributed by atoms with Crippen LogP contribution in [0, 0.1) is 5.92 Å². The van der Waals surface area contributed by atoms with Gasteiger partial charge in [-0.05, 0) is 41.7 Å². The van der Waals surface area contributed by atoms with E-state index in [2.05, 4.69) is 10.4 Å². The van der Waals surface area contributed by atoms with Crippen LogP contribution in [0.3, 0.4) is 0 Å². The quantitative estimate of drug-likeness (QED) is 0.796. The Morgan fingerprint density at radius 1 is 1.18 bits per heavy atom. The third-order valence-electron chi connectivity index (χ3n) is 4.04. The summed E-state index contributed by atoms with van der Waals surface area (Å²) >= 11 is 0. The standard InChI is InChI=1S/C18H17N3O/c22-18(16-8-7-14-3-1-2-4-15(14)9-16)20-17-10-19-21(12-17)11-13-5-6-13/h1-4,7-10,12-13H,5-6,11H2,(H,20,22). The molecule has 0 saturated heterocycles. The Balaban J connectivity index is 1.51. The molecule has 0 spiro atoms. The molecule has 0 bridgehead atoms. The molecule has 4 nitrogen and oxygen atoms in total. The van der Waals surface area contributed by atoms with Gasteiger partial charge in [0.2, 0.25) is 0 Å². The maximum Gasteiger partial charge on any atom is 0.255 e. The number of hydrogen-bond acceptors (Lipinski definition) is 2. The molecule has 1 saturated carbocycles. The molecule has 0 unspecified atom stereocenters. The highest BCUT2D eigenvalue weighted by Gasteiger charge is 2.22. The minimum atomic E-state index is -0.100. The third-order valence-corrected chi connectivity index (χ3v) is 4.04. The highest BCUT2D eigenvalue weighted by Crippen LogP contribution is 2.30. The maximum absolute atomic E-state index is 12.4. The number of carbonyl (C=O) groups excluding carboxylic acids is 1. The van der Waals surface area contributed by atoms with Crippen molar-refractivity contribution in [3.05, 3.63) is 60.4 Å². The second-order valence-corrected chi connectivity index (χ2v) is 5.91. The molecular formula is C18H17N3O. The maximum atomic E-state index is 12.4. The molecule has 22 heavy (non-hydrogen) atoms. The average Bonchev–Trinajstić information content (AvgIpc) is 3.25. The minimum Gasteiger partial charge on any atom is -0.319 e. The Morgan fingerprint density at radius 3 is 2.82 bits per heavy atom. The summed E-state index contributed by atoms with van der Waals surface area (Å²) in [6, 6.07) is 13.8. The summed E-state index contributed by atoms with van der Waals surface area (Å²) in [6.07, 6.45) is 6.19. The highest BCUT2D eigenvalue weighted by molar-refractivity contribution is 6.06. The fraction of sp³-hybridized carbons (Fsp3) is 0.222. The zero-order valence-corrected chi connectivity index (χ0v) is 12.2. The van der Waals surface area contributed by atoms with Crippen molar-refractivity contribution in [2.45, 2.75) is 19.4 Å². The summed E-state index contributed by atoms with van der Waals surface area (Å²) in [7, 11) is 0. The van der Waals surface area contributed by atoms with E-state index in [1.165, 1.54) is 12.8 Å². The van der Waals surface area contributed by atoms with Gasteiger partial charge in [-0.15, -0.1) is 0 Å². The van der Waals surface area contributed by atoms with E-state index in [4.69, 9.17) is 0 Å². The fourth-order valence-corrected chi connectivity index (χ4v) is 2.63. The Bertz CT molecular complexity index is 833. The van der Waals surface area contributed by atoms with E-state index in [1.54, 1.807) is 6.20 Å².